The fourth-order valence-electron chi connectivity index (χ4n) is 4.21. The van der Waals surface area contributed by atoms with Gasteiger partial charge in [0, 0.05) is 0 Å². The molecule has 0 unspecified atom stereocenters. The van der Waals surface area contributed by atoms with Crippen LogP contribution in [0.1, 0.15) is 63.4 Å². The van der Waals surface area contributed by atoms with E-state index in [9.17, 15) is 0 Å². The first-order valence-corrected chi connectivity index (χ1v) is 8.63. The van der Waals surface area contributed by atoms with Gasteiger partial charge in [-0.25, -0.2) is 0 Å². The Bertz CT molecular complexity index is 570. The molecule has 0 heteroatoms. The number of hydrogen-bond acceptors (Lipinski definition) is 0. The molecule has 0 heterocycles. The van der Waals surface area contributed by atoms with Crippen LogP contribution in [0.3, 0.4) is 0 Å². The van der Waals surface area contributed by atoms with Crippen molar-refractivity contribution in [2.45, 2.75) is 63.2 Å². The number of hydrogen-bond donors (Lipinski definition) is 0. The van der Waals surface area contributed by atoms with Crippen LogP contribution in [0, 0.1) is 6.92 Å². The highest BCUT2D eigenvalue weighted by Crippen LogP contribution is 2.45. The van der Waals surface area contributed by atoms with Crippen molar-refractivity contribution in [2.24, 2.45) is 0 Å². The van der Waals surface area contributed by atoms with Crippen LogP contribution >= 0.6 is 0 Å². The molecule has 1 aliphatic carbocycles. The third-order valence-electron chi connectivity index (χ3n) is 5.33. The van der Waals surface area contributed by atoms with Gasteiger partial charge < -0.3 is 0 Å². The van der Waals surface area contributed by atoms with E-state index in [0.717, 1.165) is 6.42 Å². The molecule has 0 N–H and O–H groups in total. The molecule has 0 amide bonds. The molecule has 0 aliphatic heterocycles. The van der Waals surface area contributed by atoms with Crippen LogP contribution in [0.5, 0.6) is 0 Å². The Morgan fingerprint density at radius 1 is 0.857 bits per heavy atom. The third kappa shape index (κ3) is 3.00. The molecule has 2 aromatic rings. The molecular formula is C21H27. The van der Waals surface area contributed by atoms with Crippen LogP contribution in [0.2, 0.25) is 0 Å². The number of rotatable bonds is 5. The summed E-state index contributed by atoms with van der Waals surface area (Å²) in [6.45, 7) is 4.01. The first-order valence-electron chi connectivity index (χ1n) is 8.63. The van der Waals surface area contributed by atoms with E-state index in [1.807, 2.05) is 0 Å². The predicted molar refractivity (Wildman–Crippen MR) is 92.5 cm³/mol. The maximum atomic E-state index is 4.01. The lowest BCUT2D eigenvalue weighted by Crippen LogP contribution is -2.29. The fraction of sp³-hybridized carbons (Fsp3) is 0.476. The smallest absolute Gasteiger partial charge is 0.00408 e. The zero-order valence-corrected chi connectivity index (χ0v) is 13.1. The van der Waals surface area contributed by atoms with Gasteiger partial charge in [0.25, 0.3) is 0 Å². The zero-order chi connectivity index (χ0) is 14.5. The van der Waals surface area contributed by atoms with Crippen molar-refractivity contribution >= 4 is 10.8 Å². The lowest BCUT2D eigenvalue weighted by molar-refractivity contribution is 0.268. The predicted octanol–water partition coefficient (Wildman–Crippen LogP) is 6.44. The molecule has 111 valence electrons. The summed E-state index contributed by atoms with van der Waals surface area (Å²) in [6.07, 6.45) is 12.0. The molecule has 1 radical (unpaired) electrons. The van der Waals surface area contributed by atoms with E-state index in [-0.39, 0.29) is 0 Å². The van der Waals surface area contributed by atoms with E-state index in [0.29, 0.717) is 5.41 Å². The highest BCUT2D eigenvalue weighted by Gasteiger charge is 2.34. The summed E-state index contributed by atoms with van der Waals surface area (Å²) in [5.74, 6) is 0. The van der Waals surface area contributed by atoms with Crippen molar-refractivity contribution < 1.29 is 0 Å². The van der Waals surface area contributed by atoms with Crippen LogP contribution in [-0.4, -0.2) is 0 Å². The SMILES string of the molecule is [CH2]CCCCC1(c2cccc3ccccc23)CCCCC1. The molecular weight excluding hydrogens is 252 g/mol. The monoisotopic (exact) mass is 279 g/mol. The topological polar surface area (TPSA) is 0 Å². The van der Waals surface area contributed by atoms with Gasteiger partial charge in [0.15, 0.2) is 0 Å². The van der Waals surface area contributed by atoms with E-state index in [1.54, 1.807) is 5.56 Å². The van der Waals surface area contributed by atoms with Gasteiger partial charge in [-0.3, -0.25) is 0 Å². The standard InChI is InChI=1S/C21H27/c1-2-3-7-15-21(16-8-4-9-17-21)20-14-10-12-18-11-5-6-13-19(18)20/h5-6,10-14H,1-4,7-9,15-17H2. The van der Waals surface area contributed by atoms with Crippen molar-refractivity contribution in [2.75, 3.05) is 0 Å². The van der Waals surface area contributed by atoms with Crippen LogP contribution < -0.4 is 0 Å². The Labute approximate surface area is 129 Å². The van der Waals surface area contributed by atoms with E-state index < -0.39 is 0 Å². The molecule has 1 saturated carbocycles. The van der Waals surface area contributed by atoms with Gasteiger partial charge in [0.05, 0.1) is 0 Å². The van der Waals surface area contributed by atoms with Crippen molar-refractivity contribution in [1.29, 1.82) is 0 Å². The van der Waals surface area contributed by atoms with Crippen molar-refractivity contribution in [1.82, 2.24) is 0 Å². The Morgan fingerprint density at radius 2 is 1.62 bits per heavy atom. The van der Waals surface area contributed by atoms with Crippen molar-refractivity contribution in [3.05, 3.63) is 55.0 Å². The second kappa shape index (κ2) is 6.64. The van der Waals surface area contributed by atoms with Crippen LogP contribution in [0.15, 0.2) is 42.5 Å². The minimum absolute atomic E-state index is 0.425. The Morgan fingerprint density at radius 3 is 2.43 bits per heavy atom. The zero-order valence-electron chi connectivity index (χ0n) is 13.1. The fourth-order valence-corrected chi connectivity index (χ4v) is 4.21. The molecule has 0 spiro atoms. The number of fused-ring (bicyclic) bond motifs is 1. The van der Waals surface area contributed by atoms with Crippen LogP contribution in [-0.2, 0) is 5.41 Å². The van der Waals surface area contributed by atoms with E-state index >= 15 is 0 Å². The normalized spacial score (nSPS) is 18.0. The molecule has 3 rings (SSSR count). The summed E-state index contributed by atoms with van der Waals surface area (Å²) in [5, 5.41) is 2.88. The Kier molecular flexibility index (Phi) is 4.63. The van der Waals surface area contributed by atoms with Crippen molar-refractivity contribution in [3.63, 3.8) is 0 Å². The molecule has 1 aliphatic rings. The highest BCUT2D eigenvalue weighted by molar-refractivity contribution is 5.86. The summed E-state index contributed by atoms with van der Waals surface area (Å²) in [6, 6.07) is 15.8. The summed E-state index contributed by atoms with van der Waals surface area (Å²) in [7, 11) is 0. The first kappa shape index (κ1) is 14.6. The molecule has 0 atom stereocenters. The Balaban J connectivity index is 2.01. The van der Waals surface area contributed by atoms with Gasteiger partial charge in [0.1, 0.15) is 0 Å². The highest BCUT2D eigenvalue weighted by atomic mass is 14.4. The van der Waals surface area contributed by atoms with Gasteiger partial charge >= 0.3 is 0 Å². The molecule has 1 fully saturated rings. The third-order valence-corrected chi connectivity index (χ3v) is 5.33. The lowest BCUT2D eigenvalue weighted by Gasteiger charge is -2.39. The van der Waals surface area contributed by atoms with Crippen molar-refractivity contribution in [3.8, 4) is 0 Å². The average Bonchev–Trinajstić information content (AvgIpc) is 2.55. The second-order valence-corrected chi connectivity index (χ2v) is 6.68. The van der Waals surface area contributed by atoms with E-state index in [2.05, 4.69) is 49.4 Å². The first-order chi connectivity index (χ1) is 10.4. The lowest BCUT2D eigenvalue weighted by atomic mass is 9.65. The molecule has 0 aromatic heterocycles. The molecule has 0 saturated heterocycles. The maximum Gasteiger partial charge on any atom is -0.00408 e. The largest absolute Gasteiger partial charge is 0.0616 e. The summed E-state index contributed by atoms with van der Waals surface area (Å²) in [4.78, 5) is 0. The second-order valence-electron chi connectivity index (χ2n) is 6.68. The molecule has 0 bridgehead atoms. The summed E-state index contributed by atoms with van der Waals surface area (Å²) in [5.41, 5.74) is 2.04. The van der Waals surface area contributed by atoms with Gasteiger partial charge in [-0.15, -0.1) is 0 Å². The average molecular weight is 279 g/mol. The van der Waals surface area contributed by atoms with Gasteiger partial charge in [0.2, 0.25) is 0 Å². The van der Waals surface area contributed by atoms with E-state index in [1.165, 1.54) is 62.1 Å². The van der Waals surface area contributed by atoms with Crippen LogP contribution in [0.25, 0.3) is 10.8 Å². The summed E-state index contributed by atoms with van der Waals surface area (Å²) >= 11 is 0. The molecule has 0 nitrogen and oxygen atoms in total. The van der Waals surface area contributed by atoms with Crippen LogP contribution in [0.4, 0.5) is 0 Å². The van der Waals surface area contributed by atoms with Gasteiger partial charge in [-0.2, -0.15) is 0 Å². The Hall–Kier alpha value is -1.30. The maximum absolute atomic E-state index is 4.01. The van der Waals surface area contributed by atoms with E-state index in [4.69, 9.17) is 0 Å². The number of benzene rings is 2. The summed E-state index contributed by atoms with van der Waals surface area (Å²) < 4.78 is 0. The number of unbranched alkanes of at least 4 members (excludes halogenated alkanes) is 2. The van der Waals surface area contributed by atoms with Gasteiger partial charge in [-0.05, 0) is 41.0 Å². The minimum atomic E-state index is 0.425. The minimum Gasteiger partial charge on any atom is -0.0616 e. The molecule has 21 heavy (non-hydrogen) atoms. The van der Waals surface area contributed by atoms with Gasteiger partial charge in [-0.1, -0.05) is 87.9 Å². The quantitative estimate of drug-likeness (QED) is 0.553. The molecule has 2 aromatic carbocycles.